The predicted octanol–water partition coefficient (Wildman–Crippen LogP) is 1.65. The molecule has 0 atom stereocenters. The average molecular weight is 343 g/mol. The largest absolute Gasteiger partial charge is 0.351 e. The minimum atomic E-state index is -0.0884. The van der Waals surface area contributed by atoms with Gasteiger partial charge in [0, 0.05) is 16.5 Å². The summed E-state index contributed by atoms with van der Waals surface area (Å²) in [6.07, 6.45) is 1.88. The third-order valence-electron chi connectivity index (χ3n) is 2.15. The van der Waals surface area contributed by atoms with Crippen LogP contribution in [0.1, 0.15) is 16.2 Å². The number of halogens is 1. The molecule has 1 N–H and O–H groups in total. The van der Waals surface area contributed by atoms with Crippen molar-refractivity contribution in [3.63, 3.8) is 0 Å². The summed E-state index contributed by atoms with van der Waals surface area (Å²) in [5.41, 5.74) is 0.679. The number of carbonyl (C=O) groups is 1. The summed E-state index contributed by atoms with van der Waals surface area (Å²) in [6, 6.07) is 7.43. The molecule has 0 saturated heterocycles. The highest BCUT2D eigenvalue weighted by atomic mass is 127. The number of hydrogen-bond acceptors (Lipinski definition) is 4. The predicted molar refractivity (Wildman–Crippen MR) is 69.5 cm³/mol. The van der Waals surface area contributed by atoms with Crippen LogP contribution >= 0.6 is 22.6 Å². The normalized spacial score (nSPS) is 10.2. The standard InChI is InChI=1S/C11H10IN3O2/c12-9-4-2-1-3-8(9)11(16)13-6-5-10-14-7-15-17-10/h1-4,7H,5-6H2,(H,13,16). The fourth-order valence-electron chi connectivity index (χ4n) is 1.33. The lowest BCUT2D eigenvalue weighted by molar-refractivity contribution is 0.0952. The monoisotopic (exact) mass is 343 g/mol. The molecule has 0 aliphatic carbocycles. The Morgan fingerprint density at radius 2 is 2.24 bits per heavy atom. The molecule has 0 radical (unpaired) electrons. The fourth-order valence-corrected chi connectivity index (χ4v) is 1.96. The summed E-state index contributed by atoms with van der Waals surface area (Å²) in [4.78, 5) is 15.7. The van der Waals surface area contributed by atoms with E-state index >= 15 is 0 Å². The molecule has 0 unspecified atom stereocenters. The molecular formula is C11H10IN3O2. The number of amides is 1. The van der Waals surface area contributed by atoms with E-state index in [9.17, 15) is 4.79 Å². The first-order valence-corrected chi connectivity index (χ1v) is 6.13. The molecule has 0 aliphatic rings. The Bertz CT molecular complexity index is 499. The van der Waals surface area contributed by atoms with E-state index in [-0.39, 0.29) is 5.91 Å². The molecule has 0 bridgehead atoms. The van der Waals surface area contributed by atoms with Gasteiger partial charge in [-0.1, -0.05) is 17.3 Å². The molecular weight excluding hydrogens is 333 g/mol. The lowest BCUT2D eigenvalue weighted by Gasteiger charge is -2.05. The minimum absolute atomic E-state index is 0.0884. The molecule has 88 valence electrons. The summed E-state index contributed by atoms with van der Waals surface area (Å²) in [7, 11) is 0. The van der Waals surface area contributed by atoms with Crippen molar-refractivity contribution in [2.24, 2.45) is 0 Å². The maximum atomic E-state index is 11.8. The summed E-state index contributed by atoms with van der Waals surface area (Å²) in [5.74, 6) is 0.433. The van der Waals surface area contributed by atoms with Crippen LogP contribution in [0.2, 0.25) is 0 Å². The van der Waals surface area contributed by atoms with Crippen LogP contribution in [0.4, 0.5) is 0 Å². The van der Waals surface area contributed by atoms with Crippen LogP contribution in [0.15, 0.2) is 35.1 Å². The van der Waals surface area contributed by atoms with Crippen LogP contribution in [-0.2, 0) is 6.42 Å². The number of rotatable bonds is 4. The third kappa shape index (κ3) is 3.26. The van der Waals surface area contributed by atoms with E-state index in [1.165, 1.54) is 6.33 Å². The van der Waals surface area contributed by atoms with Gasteiger partial charge >= 0.3 is 0 Å². The summed E-state index contributed by atoms with van der Waals surface area (Å²) in [5, 5.41) is 6.30. The van der Waals surface area contributed by atoms with Crippen molar-refractivity contribution in [2.45, 2.75) is 6.42 Å². The maximum absolute atomic E-state index is 11.8. The van der Waals surface area contributed by atoms with E-state index in [4.69, 9.17) is 4.52 Å². The summed E-state index contributed by atoms with van der Waals surface area (Å²) >= 11 is 2.14. The molecule has 2 aromatic rings. The second kappa shape index (κ2) is 5.76. The van der Waals surface area contributed by atoms with Gasteiger partial charge in [0.15, 0.2) is 6.33 Å². The Labute approximate surface area is 112 Å². The Morgan fingerprint density at radius 3 is 2.94 bits per heavy atom. The number of benzene rings is 1. The van der Waals surface area contributed by atoms with E-state index in [0.717, 1.165) is 3.57 Å². The van der Waals surface area contributed by atoms with Gasteiger partial charge in [-0.05, 0) is 34.7 Å². The van der Waals surface area contributed by atoms with Crippen LogP contribution in [-0.4, -0.2) is 22.6 Å². The SMILES string of the molecule is O=C(NCCc1ncno1)c1ccccc1I. The van der Waals surface area contributed by atoms with Gasteiger partial charge in [-0.3, -0.25) is 4.79 Å². The molecule has 1 aromatic carbocycles. The number of nitrogens with zero attached hydrogens (tertiary/aromatic N) is 2. The quantitative estimate of drug-likeness (QED) is 0.858. The molecule has 17 heavy (non-hydrogen) atoms. The van der Waals surface area contributed by atoms with Crippen LogP contribution in [0.3, 0.4) is 0 Å². The molecule has 0 aliphatic heterocycles. The molecule has 0 spiro atoms. The number of nitrogens with one attached hydrogen (secondary N) is 1. The van der Waals surface area contributed by atoms with E-state index in [2.05, 4.69) is 38.0 Å². The van der Waals surface area contributed by atoms with Gasteiger partial charge in [0.2, 0.25) is 5.89 Å². The summed E-state index contributed by atoms with van der Waals surface area (Å²) in [6.45, 7) is 0.478. The first-order valence-electron chi connectivity index (χ1n) is 5.05. The zero-order valence-electron chi connectivity index (χ0n) is 8.89. The van der Waals surface area contributed by atoms with Crippen LogP contribution < -0.4 is 5.32 Å². The van der Waals surface area contributed by atoms with Crippen LogP contribution in [0.5, 0.6) is 0 Å². The Balaban J connectivity index is 1.88. The zero-order valence-corrected chi connectivity index (χ0v) is 11.0. The minimum Gasteiger partial charge on any atom is -0.351 e. The van der Waals surface area contributed by atoms with Gasteiger partial charge < -0.3 is 9.84 Å². The Morgan fingerprint density at radius 1 is 1.41 bits per heavy atom. The van der Waals surface area contributed by atoms with Crippen molar-refractivity contribution in [3.05, 3.63) is 45.6 Å². The van der Waals surface area contributed by atoms with Gasteiger partial charge in [0.1, 0.15) is 0 Å². The lowest BCUT2D eigenvalue weighted by Crippen LogP contribution is -2.26. The third-order valence-corrected chi connectivity index (χ3v) is 3.09. The second-order valence-electron chi connectivity index (χ2n) is 3.32. The molecule has 1 heterocycles. The molecule has 2 rings (SSSR count). The second-order valence-corrected chi connectivity index (χ2v) is 4.48. The van der Waals surface area contributed by atoms with Gasteiger partial charge in [0.25, 0.3) is 5.91 Å². The highest BCUT2D eigenvalue weighted by molar-refractivity contribution is 14.1. The van der Waals surface area contributed by atoms with Gasteiger partial charge in [-0.2, -0.15) is 4.98 Å². The topological polar surface area (TPSA) is 68.0 Å². The Kier molecular flexibility index (Phi) is 4.08. The first-order chi connectivity index (χ1) is 8.27. The highest BCUT2D eigenvalue weighted by Gasteiger charge is 2.08. The van der Waals surface area contributed by atoms with Crippen molar-refractivity contribution in [3.8, 4) is 0 Å². The molecule has 1 amide bonds. The van der Waals surface area contributed by atoms with E-state index in [1.807, 2.05) is 18.2 Å². The fraction of sp³-hybridized carbons (Fsp3) is 0.182. The highest BCUT2D eigenvalue weighted by Crippen LogP contribution is 2.10. The molecule has 0 saturated carbocycles. The number of hydrogen-bond donors (Lipinski definition) is 1. The van der Waals surface area contributed by atoms with Crippen molar-refractivity contribution in [1.82, 2.24) is 15.5 Å². The molecule has 6 heteroatoms. The zero-order chi connectivity index (χ0) is 12.1. The van der Waals surface area contributed by atoms with Gasteiger partial charge in [0.05, 0.1) is 5.56 Å². The van der Waals surface area contributed by atoms with Crippen LogP contribution in [0.25, 0.3) is 0 Å². The molecule has 1 aromatic heterocycles. The smallest absolute Gasteiger partial charge is 0.252 e. The first kappa shape index (κ1) is 12.0. The van der Waals surface area contributed by atoms with E-state index < -0.39 is 0 Å². The van der Waals surface area contributed by atoms with Crippen molar-refractivity contribution < 1.29 is 9.32 Å². The maximum Gasteiger partial charge on any atom is 0.252 e. The van der Waals surface area contributed by atoms with Crippen molar-refractivity contribution in [2.75, 3.05) is 6.54 Å². The van der Waals surface area contributed by atoms with Crippen molar-refractivity contribution in [1.29, 1.82) is 0 Å². The summed E-state index contributed by atoms with van der Waals surface area (Å²) < 4.78 is 5.76. The van der Waals surface area contributed by atoms with Crippen LogP contribution in [0, 0.1) is 3.57 Å². The van der Waals surface area contributed by atoms with Gasteiger partial charge in [-0.15, -0.1) is 0 Å². The Hall–Kier alpha value is -1.44. The lowest BCUT2D eigenvalue weighted by atomic mass is 10.2. The van der Waals surface area contributed by atoms with E-state index in [0.29, 0.717) is 24.4 Å². The molecule has 5 nitrogen and oxygen atoms in total. The van der Waals surface area contributed by atoms with E-state index in [1.54, 1.807) is 6.07 Å². The number of carbonyl (C=O) groups excluding carboxylic acids is 1. The average Bonchev–Trinajstić information content (AvgIpc) is 2.82. The van der Waals surface area contributed by atoms with Gasteiger partial charge in [-0.25, -0.2) is 0 Å². The molecule has 0 fully saturated rings. The van der Waals surface area contributed by atoms with Crippen molar-refractivity contribution >= 4 is 28.5 Å². The number of aromatic nitrogens is 2.